The number of carbonyl (C=O) groups is 1. The summed E-state index contributed by atoms with van der Waals surface area (Å²) in [6.45, 7) is 4.45. The van der Waals surface area contributed by atoms with E-state index in [-0.39, 0.29) is 5.91 Å². The Labute approximate surface area is 173 Å². The zero-order valence-corrected chi connectivity index (χ0v) is 17.4. The zero-order chi connectivity index (χ0) is 20.4. The molecule has 4 rings (SSSR count). The molecule has 29 heavy (non-hydrogen) atoms. The van der Waals surface area contributed by atoms with Crippen LogP contribution >= 0.6 is 11.3 Å². The SMILES string of the molecule is Cc1nnc(-c2ccc(C)c(-c3ccc(C(=O)N(C)Cc4cccs4)cc3)c2)o1. The molecule has 1 amide bonds. The molecule has 146 valence electrons. The number of aromatic nitrogens is 2. The highest BCUT2D eigenvalue weighted by Gasteiger charge is 2.14. The van der Waals surface area contributed by atoms with E-state index in [0.717, 1.165) is 22.3 Å². The number of rotatable bonds is 5. The number of benzene rings is 2. The molecule has 0 aliphatic heterocycles. The molecule has 0 aliphatic carbocycles. The number of hydrogen-bond donors (Lipinski definition) is 0. The van der Waals surface area contributed by atoms with E-state index >= 15 is 0 Å². The third-order valence-corrected chi connectivity index (χ3v) is 5.63. The number of aryl methyl sites for hydroxylation is 2. The molecule has 0 bridgehead atoms. The third kappa shape index (κ3) is 4.12. The molecule has 0 saturated heterocycles. The van der Waals surface area contributed by atoms with Gasteiger partial charge in [-0.2, -0.15) is 0 Å². The smallest absolute Gasteiger partial charge is 0.253 e. The quantitative estimate of drug-likeness (QED) is 0.450. The molecule has 0 spiro atoms. The highest BCUT2D eigenvalue weighted by atomic mass is 32.1. The first-order valence-electron chi connectivity index (χ1n) is 9.30. The van der Waals surface area contributed by atoms with E-state index in [0.29, 0.717) is 23.9 Å². The normalized spacial score (nSPS) is 10.9. The summed E-state index contributed by atoms with van der Waals surface area (Å²) < 4.78 is 5.55. The molecule has 0 radical (unpaired) electrons. The fraction of sp³-hybridized carbons (Fsp3) is 0.174. The average molecular weight is 404 g/mol. The Bertz CT molecular complexity index is 1130. The summed E-state index contributed by atoms with van der Waals surface area (Å²) in [7, 11) is 1.83. The summed E-state index contributed by atoms with van der Waals surface area (Å²) in [6, 6.07) is 17.8. The highest BCUT2D eigenvalue weighted by Crippen LogP contribution is 2.29. The van der Waals surface area contributed by atoms with Crippen molar-refractivity contribution in [1.82, 2.24) is 15.1 Å². The Morgan fingerprint density at radius 2 is 1.79 bits per heavy atom. The van der Waals surface area contributed by atoms with E-state index in [2.05, 4.69) is 17.1 Å². The van der Waals surface area contributed by atoms with Crippen molar-refractivity contribution in [3.05, 3.63) is 81.9 Å². The number of hydrogen-bond acceptors (Lipinski definition) is 5. The van der Waals surface area contributed by atoms with E-state index in [1.54, 1.807) is 23.2 Å². The Morgan fingerprint density at radius 1 is 1.03 bits per heavy atom. The first kappa shape index (κ1) is 19.1. The summed E-state index contributed by atoms with van der Waals surface area (Å²) in [6.07, 6.45) is 0. The lowest BCUT2D eigenvalue weighted by atomic mass is 9.97. The van der Waals surface area contributed by atoms with Gasteiger partial charge in [-0.15, -0.1) is 21.5 Å². The Kier molecular flexibility index (Phi) is 5.27. The van der Waals surface area contributed by atoms with Crippen molar-refractivity contribution in [3.8, 4) is 22.6 Å². The van der Waals surface area contributed by atoms with Crippen molar-refractivity contribution in [1.29, 1.82) is 0 Å². The van der Waals surface area contributed by atoms with Gasteiger partial charge in [0.05, 0.1) is 6.54 Å². The predicted molar refractivity (Wildman–Crippen MR) is 115 cm³/mol. The maximum absolute atomic E-state index is 12.7. The van der Waals surface area contributed by atoms with Gasteiger partial charge in [0, 0.05) is 30.0 Å². The highest BCUT2D eigenvalue weighted by molar-refractivity contribution is 7.09. The van der Waals surface area contributed by atoms with Crippen LogP contribution in [-0.2, 0) is 6.54 Å². The van der Waals surface area contributed by atoms with Crippen molar-refractivity contribution < 1.29 is 9.21 Å². The largest absolute Gasteiger partial charge is 0.421 e. The van der Waals surface area contributed by atoms with Gasteiger partial charge in [0.1, 0.15) is 0 Å². The second kappa shape index (κ2) is 8.01. The van der Waals surface area contributed by atoms with Crippen LogP contribution in [0.1, 0.15) is 26.7 Å². The molecule has 0 saturated carbocycles. The first-order valence-corrected chi connectivity index (χ1v) is 10.2. The summed E-state index contributed by atoms with van der Waals surface area (Å²) in [5, 5.41) is 10.0. The molecule has 0 N–H and O–H groups in total. The summed E-state index contributed by atoms with van der Waals surface area (Å²) in [5.74, 6) is 1.05. The Balaban J connectivity index is 1.57. The van der Waals surface area contributed by atoms with E-state index in [1.807, 2.05) is 67.0 Å². The lowest BCUT2D eigenvalue weighted by Crippen LogP contribution is -2.25. The molecular formula is C23H21N3O2S. The van der Waals surface area contributed by atoms with E-state index in [9.17, 15) is 4.79 Å². The number of nitrogens with zero attached hydrogens (tertiary/aromatic N) is 3. The standard InChI is InChI=1S/C23H21N3O2S/c1-15-6-7-19(22-25-24-16(2)28-22)13-21(15)17-8-10-18(11-9-17)23(27)26(3)14-20-5-4-12-29-20/h4-13H,14H2,1-3H3. The molecule has 2 aromatic heterocycles. The van der Waals surface area contributed by atoms with Crippen LogP contribution in [0.25, 0.3) is 22.6 Å². The third-order valence-electron chi connectivity index (χ3n) is 4.77. The Morgan fingerprint density at radius 3 is 2.45 bits per heavy atom. The van der Waals surface area contributed by atoms with Gasteiger partial charge in [0.2, 0.25) is 11.8 Å². The Hall–Kier alpha value is -3.25. The lowest BCUT2D eigenvalue weighted by Gasteiger charge is -2.16. The van der Waals surface area contributed by atoms with Crippen LogP contribution in [0.15, 0.2) is 64.4 Å². The van der Waals surface area contributed by atoms with Crippen molar-refractivity contribution >= 4 is 17.2 Å². The van der Waals surface area contributed by atoms with Gasteiger partial charge in [-0.1, -0.05) is 24.3 Å². The van der Waals surface area contributed by atoms with Gasteiger partial charge in [0.15, 0.2) is 0 Å². The lowest BCUT2D eigenvalue weighted by molar-refractivity contribution is 0.0786. The molecular weight excluding hydrogens is 382 g/mol. The maximum Gasteiger partial charge on any atom is 0.253 e. The topological polar surface area (TPSA) is 59.2 Å². The molecule has 0 fully saturated rings. The van der Waals surface area contributed by atoms with Crippen LogP contribution in [0, 0.1) is 13.8 Å². The first-order chi connectivity index (χ1) is 14.0. The summed E-state index contributed by atoms with van der Waals surface area (Å²) in [5.41, 5.74) is 4.80. The van der Waals surface area contributed by atoms with E-state index in [4.69, 9.17) is 4.42 Å². The van der Waals surface area contributed by atoms with E-state index in [1.165, 1.54) is 4.88 Å². The zero-order valence-electron chi connectivity index (χ0n) is 16.5. The second-order valence-corrected chi connectivity index (χ2v) is 8.01. The number of carbonyl (C=O) groups excluding carboxylic acids is 1. The van der Waals surface area contributed by atoms with Crippen LogP contribution in [-0.4, -0.2) is 28.1 Å². The van der Waals surface area contributed by atoms with Gasteiger partial charge in [0.25, 0.3) is 5.91 Å². The molecule has 2 heterocycles. The molecule has 0 aliphatic rings. The molecule has 0 unspecified atom stereocenters. The van der Waals surface area contributed by atoms with Crippen LogP contribution in [0.5, 0.6) is 0 Å². The van der Waals surface area contributed by atoms with Crippen molar-refractivity contribution in [2.45, 2.75) is 20.4 Å². The molecule has 6 heteroatoms. The minimum absolute atomic E-state index is 0.0109. The van der Waals surface area contributed by atoms with Crippen LogP contribution in [0.2, 0.25) is 0 Å². The average Bonchev–Trinajstić information content (AvgIpc) is 3.40. The van der Waals surface area contributed by atoms with Crippen molar-refractivity contribution in [3.63, 3.8) is 0 Å². The molecule has 0 atom stereocenters. The van der Waals surface area contributed by atoms with Gasteiger partial charge >= 0.3 is 0 Å². The number of amides is 1. The maximum atomic E-state index is 12.7. The number of thiophene rings is 1. The minimum Gasteiger partial charge on any atom is -0.421 e. The van der Waals surface area contributed by atoms with Gasteiger partial charge in [-0.25, -0.2) is 0 Å². The molecule has 4 aromatic rings. The molecule has 5 nitrogen and oxygen atoms in total. The van der Waals surface area contributed by atoms with Crippen molar-refractivity contribution in [2.24, 2.45) is 0 Å². The van der Waals surface area contributed by atoms with Crippen LogP contribution in [0.4, 0.5) is 0 Å². The fourth-order valence-corrected chi connectivity index (χ4v) is 3.96. The van der Waals surface area contributed by atoms with Gasteiger partial charge < -0.3 is 9.32 Å². The summed E-state index contributed by atoms with van der Waals surface area (Å²) in [4.78, 5) is 15.6. The van der Waals surface area contributed by atoms with Gasteiger partial charge in [-0.3, -0.25) is 4.79 Å². The fourth-order valence-electron chi connectivity index (χ4n) is 3.20. The second-order valence-electron chi connectivity index (χ2n) is 6.97. The summed E-state index contributed by atoms with van der Waals surface area (Å²) >= 11 is 1.66. The van der Waals surface area contributed by atoms with Crippen LogP contribution in [0.3, 0.4) is 0 Å². The molecule has 2 aromatic carbocycles. The van der Waals surface area contributed by atoms with E-state index < -0.39 is 0 Å². The predicted octanol–water partition coefficient (Wildman–Crippen LogP) is 5.35. The van der Waals surface area contributed by atoms with Gasteiger partial charge in [-0.05, 0) is 59.3 Å². The monoisotopic (exact) mass is 403 g/mol. The van der Waals surface area contributed by atoms with Crippen molar-refractivity contribution in [2.75, 3.05) is 7.05 Å². The minimum atomic E-state index is 0.0109. The van der Waals surface area contributed by atoms with Crippen LogP contribution < -0.4 is 0 Å².